The van der Waals surface area contributed by atoms with Crippen molar-refractivity contribution in [2.75, 3.05) is 0 Å². The summed E-state index contributed by atoms with van der Waals surface area (Å²) in [7, 11) is -4.42. The third kappa shape index (κ3) is 2.33. The Labute approximate surface area is 86.3 Å². The highest BCUT2D eigenvalue weighted by atomic mass is 32.2. The second kappa shape index (κ2) is 3.98. The number of carboxylic acids is 1. The molecule has 1 N–H and O–H groups in total. The zero-order valence-corrected chi connectivity index (χ0v) is 8.66. The molecule has 0 bridgehead atoms. The van der Waals surface area contributed by atoms with Crippen LogP contribution in [0.15, 0.2) is 29.2 Å². The van der Waals surface area contributed by atoms with E-state index in [0.29, 0.717) is 0 Å². The molecule has 0 saturated heterocycles. The summed E-state index contributed by atoms with van der Waals surface area (Å²) in [6, 6.07) is 5.31. The Morgan fingerprint density at radius 3 is 2.20 bits per heavy atom. The summed E-state index contributed by atoms with van der Waals surface area (Å²) in [5.41, 5.74) is -2.11. The van der Waals surface area contributed by atoms with Crippen LogP contribution in [0.2, 0.25) is 0 Å². The number of carbonyl (C=O) groups is 1. The second-order valence-corrected chi connectivity index (χ2v) is 4.99. The molecule has 0 aliphatic carbocycles. The lowest BCUT2D eigenvalue weighted by Gasteiger charge is -2.05. The first-order valence-electron chi connectivity index (χ1n) is 4.03. The zero-order valence-electron chi connectivity index (χ0n) is 7.84. The molecule has 0 aromatic heterocycles. The number of sulfone groups is 1. The van der Waals surface area contributed by atoms with Crippen LogP contribution in [0.4, 0.5) is 4.39 Å². The highest BCUT2D eigenvalue weighted by Crippen LogP contribution is 2.17. The van der Waals surface area contributed by atoms with Crippen molar-refractivity contribution in [1.29, 1.82) is 0 Å². The molecule has 0 aliphatic rings. The Bertz CT molecular complexity index is 463. The van der Waals surface area contributed by atoms with Crippen molar-refractivity contribution in [3.05, 3.63) is 29.8 Å². The van der Waals surface area contributed by atoms with Gasteiger partial charge in [0.1, 0.15) is 0 Å². The summed E-state index contributed by atoms with van der Waals surface area (Å²) in [4.78, 5) is 9.90. The number of rotatable bonds is 3. The quantitative estimate of drug-likeness (QED) is 0.848. The predicted molar refractivity (Wildman–Crippen MR) is 50.9 cm³/mol. The molecule has 1 aromatic rings. The predicted octanol–water partition coefficient (Wildman–Crippen LogP) is 1.15. The van der Waals surface area contributed by atoms with Crippen molar-refractivity contribution < 1.29 is 22.7 Å². The maximum absolute atomic E-state index is 12.9. The average molecular weight is 232 g/mol. The highest BCUT2D eigenvalue weighted by molar-refractivity contribution is 7.92. The number of hydrogen-bond acceptors (Lipinski definition) is 3. The molecule has 6 heteroatoms. The molecule has 0 radical (unpaired) electrons. The smallest absolute Gasteiger partial charge is 0.354 e. The monoisotopic (exact) mass is 232 g/mol. The van der Waals surface area contributed by atoms with Crippen molar-refractivity contribution in [2.24, 2.45) is 0 Å². The summed E-state index contributed by atoms with van der Waals surface area (Å²) in [5, 5.41) is 8.28. The van der Waals surface area contributed by atoms with E-state index in [2.05, 4.69) is 0 Å². The second-order valence-electron chi connectivity index (χ2n) is 3.01. The van der Waals surface area contributed by atoms with Crippen LogP contribution in [0.3, 0.4) is 0 Å². The molecular weight excluding hydrogens is 223 g/mol. The van der Waals surface area contributed by atoms with Crippen LogP contribution in [0.25, 0.3) is 0 Å². The molecule has 0 aliphatic heterocycles. The Morgan fingerprint density at radius 1 is 1.33 bits per heavy atom. The maximum atomic E-state index is 12.9. The third-order valence-electron chi connectivity index (χ3n) is 1.82. The van der Waals surface area contributed by atoms with Gasteiger partial charge in [0.05, 0.1) is 4.90 Å². The molecule has 0 spiro atoms. The summed E-state index contributed by atoms with van der Waals surface area (Å²) in [6.07, 6.45) is 0. The molecule has 4 nitrogen and oxygen atoms in total. The largest absolute Gasteiger partial charge is 0.478 e. The maximum Gasteiger partial charge on any atom is 0.354 e. The summed E-state index contributed by atoms with van der Waals surface area (Å²) >= 11 is 0. The molecule has 1 aromatic carbocycles. The molecule has 1 rings (SSSR count). The molecular formula is C9H9FO4S. The lowest BCUT2D eigenvalue weighted by molar-refractivity contribution is -0.139. The van der Waals surface area contributed by atoms with E-state index in [0.717, 1.165) is 5.56 Å². The van der Waals surface area contributed by atoms with Crippen LogP contribution in [0, 0.1) is 6.92 Å². The van der Waals surface area contributed by atoms with Crippen LogP contribution < -0.4 is 0 Å². The van der Waals surface area contributed by atoms with Gasteiger partial charge in [-0.15, -0.1) is 0 Å². The van der Waals surface area contributed by atoms with Crippen molar-refractivity contribution in [1.82, 2.24) is 0 Å². The molecule has 15 heavy (non-hydrogen) atoms. The SMILES string of the molecule is Cc1ccc(S(=O)(=O)C(F)C(=O)O)cc1. The average Bonchev–Trinajstić information content (AvgIpc) is 2.17. The minimum absolute atomic E-state index is 0.331. The molecule has 0 fully saturated rings. The van der Waals surface area contributed by atoms with Gasteiger partial charge in [-0.25, -0.2) is 17.6 Å². The van der Waals surface area contributed by atoms with Crippen molar-refractivity contribution in [3.8, 4) is 0 Å². The minimum atomic E-state index is -4.42. The van der Waals surface area contributed by atoms with Crippen molar-refractivity contribution >= 4 is 15.8 Å². The van der Waals surface area contributed by atoms with Gasteiger partial charge in [0.2, 0.25) is 9.84 Å². The molecule has 0 saturated carbocycles. The van der Waals surface area contributed by atoms with E-state index in [1.807, 2.05) is 0 Å². The van der Waals surface area contributed by atoms with Gasteiger partial charge in [0, 0.05) is 0 Å². The normalized spacial score (nSPS) is 13.5. The number of carboxylic acid groups (broad SMARTS) is 1. The molecule has 1 atom stereocenters. The van der Waals surface area contributed by atoms with E-state index in [4.69, 9.17) is 5.11 Å². The van der Waals surface area contributed by atoms with Crippen LogP contribution in [-0.2, 0) is 14.6 Å². The highest BCUT2D eigenvalue weighted by Gasteiger charge is 2.33. The fraction of sp³-hybridized carbons (Fsp3) is 0.222. The number of aryl methyl sites for hydroxylation is 1. The van der Waals surface area contributed by atoms with E-state index in [-0.39, 0.29) is 4.90 Å². The van der Waals surface area contributed by atoms with E-state index in [1.165, 1.54) is 24.3 Å². The zero-order chi connectivity index (χ0) is 11.6. The minimum Gasteiger partial charge on any atom is -0.478 e. The van der Waals surface area contributed by atoms with Gasteiger partial charge in [-0.2, -0.15) is 0 Å². The Balaban J connectivity index is 3.17. The lowest BCUT2D eigenvalue weighted by atomic mass is 10.2. The van der Waals surface area contributed by atoms with E-state index in [9.17, 15) is 17.6 Å². The topological polar surface area (TPSA) is 71.4 Å². The van der Waals surface area contributed by atoms with Crippen molar-refractivity contribution in [2.45, 2.75) is 17.3 Å². The number of alkyl halides is 1. The first-order chi connectivity index (χ1) is 6.85. The molecule has 0 amide bonds. The summed E-state index contributed by atoms with van der Waals surface area (Å²) in [5.74, 6) is -2.00. The summed E-state index contributed by atoms with van der Waals surface area (Å²) in [6.45, 7) is 1.74. The van der Waals surface area contributed by atoms with Crippen LogP contribution >= 0.6 is 0 Å². The number of benzene rings is 1. The molecule has 1 unspecified atom stereocenters. The molecule has 0 heterocycles. The fourth-order valence-electron chi connectivity index (χ4n) is 0.980. The Hall–Kier alpha value is -1.43. The van der Waals surface area contributed by atoms with Gasteiger partial charge < -0.3 is 5.11 Å². The third-order valence-corrected chi connectivity index (χ3v) is 3.49. The van der Waals surface area contributed by atoms with Gasteiger partial charge in [0.15, 0.2) is 0 Å². The number of hydrogen-bond donors (Lipinski definition) is 1. The lowest BCUT2D eigenvalue weighted by Crippen LogP contribution is -2.25. The Kier molecular flexibility index (Phi) is 3.09. The first-order valence-corrected chi connectivity index (χ1v) is 5.58. The van der Waals surface area contributed by atoms with Gasteiger partial charge in [-0.3, -0.25) is 0 Å². The number of aliphatic carboxylic acids is 1. The first kappa shape index (κ1) is 11.6. The van der Waals surface area contributed by atoms with E-state index in [1.54, 1.807) is 6.92 Å². The van der Waals surface area contributed by atoms with Gasteiger partial charge in [-0.1, -0.05) is 17.7 Å². The van der Waals surface area contributed by atoms with Crippen molar-refractivity contribution in [3.63, 3.8) is 0 Å². The fourth-order valence-corrected chi connectivity index (χ4v) is 2.00. The standard InChI is InChI=1S/C9H9FO4S/c1-6-2-4-7(5-3-6)15(13,14)8(10)9(11)12/h2-5,8H,1H3,(H,11,12). The Morgan fingerprint density at radius 2 is 1.80 bits per heavy atom. The molecule has 82 valence electrons. The van der Waals surface area contributed by atoms with Gasteiger partial charge in [0.25, 0.3) is 0 Å². The van der Waals surface area contributed by atoms with Crippen LogP contribution in [0.5, 0.6) is 0 Å². The van der Waals surface area contributed by atoms with Crippen LogP contribution in [0.1, 0.15) is 5.56 Å². The van der Waals surface area contributed by atoms with Gasteiger partial charge in [-0.05, 0) is 19.1 Å². The number of halogens is 1. The van der Waals surface area contributed by atoms with E-state index >= 15 is 0 Å². The van der Waals surface area contributed by atoms with E-state index < -0.39 is 21.3 Å². The van der Waals surface area contributed by atoms with Gasteiger partial charge >= 0.3 is 11.5 Å². The van der Waals surface area contributed by atoms with Crippen LogP contribution in [-0.4, -0.2) is 25.0 Å². The summed E-state index contributed by atoms with van der Waals surface area (Å²) < 4.78 is 35.6.